The van der Waals surface area contributed by atoms with E-state index in [-0.39, 0.29) is 5.54 Å². The molecule has 2 heterocycles. The first-order valence-corrected chi connectivity index (χ1v) is 6.32. The zero-order valence-corrected chi connectivity index (χ0v) is 11.0. The topological polar surface area (TPSA) is 23.6 Å². The molecule has 2 saturated heterocycles. The van der Waals surface area contributed by atoms with Crippen LogP contribution in [0.4, 0.5) is 0 Å². The molecule has 2 rings (SSSR count). The van der Waals surface area contributed by atoms with E-state index in [9.17, 15) is 4.79 Å². The van der Waals surface area contributed by atoms with E-state index in [1.807, 2.05) is 11.9 Å². The Morgan fingerprint density at radius 2 is 1.75 bits per heavy atom. The quantitative estimate of drug-likeness (QED) is 0.625. The summed E-state index contributed by atoms with van der Waals surface area (Å²) in [6.07, 6.45) is 3.14. The summed E-state index contributed by atoms with van der Waals surface area (Å²) in [6, 6.07) is 0. The average molecular weight is 224 g/mol. The average Bonchev–Trinajstić information content (AvgIpc) is 2.41. The lowest BCUT2D eigenvalue weighted by molar-refractivity contribution is -0.126. The number of hydrogen-bond acceptors (Lipinski definition) is 2. The molecule has 2 fully saturated rings. The van der Waals surface area contributed by atoms with Crippen LogP contribution in [0.2, 0.25) is 0 Å². The number of rotatable bonds is 0. The van der Waals surface area contributed by atoms with Crippen molar-refractivity contribution >= 4 is 5.91 Å². The fourth-order valence-corrected chi connectivity index (χ4v) is 3.09. The Labute approximate surface area is 98.8 Å². The zero-order chi connectivity index (χ0) is 12.0. The van der Waals surface area contributed by atoms with E-state index < -0.39 is 0 Å². The van der Waals surface area contributed by atoms with Gasteiger partial charge in [0.15, 0.2) is 0 Å². The van der Waals surface area contributed by atoms with Gasteiger partial charge < -0.3 is 4.90 Å². The second-order valence-corrected chi connectivity index (χ2v) is 6.58. The van der Waals surface area contributed by atoms with Crippen LogP contribution in [-0.2, 0) is 4.79 Å². The maximum Gasteiger partial charge on any atom is 0.222 e. The Hall–Kier alpha value is -0.570. The van der Waals surface area contributed by atoms with Crippen molar-refractivity contribution in [2.75, 3.05) is 26.7 Å². The smallest absolute Gasteiger partial charge is 0.222 e. The summed E-state index contributed by atoms with van der Waals surface area (Å²) in [6.45, 7) is 10.1. The van der Waals surface area contributed by atoms with Crippen LogP contribution in [0.3, 0.4) is 0 Å². The molecule has 1 amide bonds. The molecule has 0 aliphatic carbocycles. The van der Waals surface area contributed by atoms with Crippen molar-refractivity contribution in [3.8, 4) is 0 Å². The van der Waals surface area contributed by atoms with Gasteiger partial charge in [-0.25, -0.2) is 0 Å². The third kappa shape index (κ3) is 2.10. The third-order valence-electron chi connectivity index (χ3n) is 4.30. The molecule has 2 aliphatic heterocycles. The summed E-state index contributed by atoms with van der Waals surface area (Å²) >= 11 is 0. The summed E-state index contributed by atoms with van der Waals surface area (Å²) in [7, 11) is 1.94. The molecular formula is C13H24N2O. The van der Waals surface area contributed by atoms with E-state index in [1.165, 1.54) is 12.8 Å². The van der Waals surface area contributed by atoms with Gasteiger partial charge >= 0.3 is 0 Å². The summed E-state index contributed by atoms with van der Waals surface area (Å²) in [4.78, 5) is 16.1. The van der Waals surface area contributed by atoms with Crippen LogP contribution >= 0.6 is 0 Å². The summed E-state index contributed by atoms with van der Waals surface area (Å²) in [5.74, 6) is 0.337. The summed E-state index contributed by atoms with van der Waals surface area (Å²) in [5.41, 5.74) is 0.573. The van der Waals surface area contributed by atoms with Gasteiger partial charge in [-0.15, -0.1) is 0 Å². The van der Waals surface area contributed by atoms with Crippen molar-refractivity contribution in [2.45, 2.75) is 45.6 Å². The summed E-state index contributed by atoms with van der Waals surface area (Å²) in [5, 5.41) is 0. The Morgan fingerprint density at radius 3 is 2.12 bits per heavy atom. The van der Waals surface area contributed by atoms with E-state index in [4.69, 9.17) is 0 Å². The van der Waals surface area contributed by atoms with Gasteiger partial charge in [0, 0.05) is 25.6 Å². The van der Waals surface area contributed by atoms with Crippen molar-refractivity contribution in [2.24, 2.45) is 5.41 Å². The minimum atomic E-state index is 0.274. The van der Waals surface area contributed by atoms with Crippen LogP contribution in [0.1, 0.15) is 40.0 Å². The second kappa shape index (κ2) is 3.73. The molecule has 92 valence electrons. The minimum absolute atomic E-state index is 0.274. The number of carbonyl (C=O) groups excluding carboxylic acids is 1. The maximum absolute atomic E-state index is 11.6. The highest BCUT2D eigenvalue weighted by Crippen LogP contribution is 2.41. The number of piperidine rings is 1. The lowest BCUT2D eigenvalue weighted by Gasteiger charge is -2.44. The molecule has 0 N–H and O–H groups in total. The van der Waals surface area contributed by atoms with Crippen LogP contribution in [0.5, 0.6) is 0 Å². The normalized spacial score (nSPS) is 26.8. The van der Waals surface area contributed by atoms with Crippen LogP contribution < -0.4 is 0 Å². The van der Waals surface area contributed by atoms with E-state index in [0.29, 0.717) is 11.3 Å². The highest BCUT2D eigenvalue weighted by Gasteiger charge is 2.44. The van der Waals surface area contributed by atoms with Gasteiger partial charge in [0.1, 0.15) is 0 Å². The Balaban J connectivity index is 1.98. The van der Waals surface area contributed by atoms with Crippen LogP contribution in [0.15, 0.2) is 0 Å². The highest BCUT2D eigenvalue weighted by molar-refractivity contribution is 5.79. The van der Waals surface area contributed by atoms with Gasteiger partial charge in [-0.05, 0) is 52.1 Å². The van der Waals surface area contributed by atoms with E-state index in [2.05, 4.69) is 25.7 Å². The highest BCUT2D eigenvalue weighted by atomic mass is 16.2. The molecule has 0 aromatic rings. The molecule has 2 aliphatic rings. The molecule has 16 heavy (non-hydrogen) atoms. The Morgan fingerprint density at radius 1 is 1.19 bits per heavy atom. The lowest BCUT2D eigenvalue weighted by Crippen LogP contribution is -2.49. The van der Waals surface area contributed by atoms with E-state index >= 15 is 0 Å². The molecule has 0 aromatic heterocycles. The van der Waals surface area contributed by atoms with Crippen molar-refractivity contribution in [3.05, 3.63) is 0 Å². The number of amides is 1. The van der Waals surface area contributed by atoms with Crippen molar-refractivity contribution in [3.63, 3.8) is 0 Å². The standard InChI is InChI=1S/C13H24N2O/c1-12(2,3)15-7-5-13(6-8-15)9-11(16)14(4)10-13/h5-10H2,1-4H3. The molecule has 0 atom stereocenters. The monoisotopic (exact) mass is 224 g/mol. The maximum atomic E-state index is 11.6. The first-order valence-electron chi connectivity index (χ1n) is 6.32. The van der Waals surface area contributed by atoms with Gasteiger partial charge in [0.05, 0.1) is 0 Å². The molecule has 1 spiro atoms. The SMILES string of the molecule is CN1CC2(CCN(C(C)(C)C)CC2)CC1=O. The fourth-order valence-electron chi connectivity index (χ4n) is 3.09. The number of nitrogens with zero attached hydrogens (tertiary/aromatic N) is 2. The van der Waals surface area contributed by atoms with E-state index in [0.717, 1.165) is 26.1 Å². The predicted octanol–water partition coefficient (Wildman–Crippen LogP) is 1.73. The molecule has 0 bridgehead atoms. The Kier molecular flexibility index (Phi) is 2.77. The number of hydrogen-bond donors (Lipinski definition) is 0. The molecule has 0 saturated carbocycles. The van der Waals surface area contributed by atoms with Gasteiger partial charge in [0.2, 0.25) is 5.91 Å². The zero-order valence-electron chi connectivity index (χ0n) is 11.0. The third-order valence-corrected chi connectivity index (χ3v) is 4.30. The lowest BCUT2D eigenvalue weighted by atomic mass is 9.77. The Bertz CT molecular complexity index is 285. The molecule has 3 heteroatoms. The van der Waals surface area contributed by atoms with Crippen molar-refractivity contribution < 1.29 is 4.79 Å². The second-order valence-electron chi connectivity index (χ2n) is 6.58. The van der Waals surface area contributed by atoms with Gasteiger partial charge in [-0.1, -0.05) is 0 Å². The van der Waals surface area contributed by atoms with Crippen molar-refractivity contribution in [1.82, 2.24) is 9.80 Å². The predicted molar refractivity (Wildman–Crippen MR) is 65.2 cm³/mol. The molecule has 3 nitrogen and oxygen atoms in total. The molecular weight excluding hydrogens is 200 g/mol. The molecule has 0 radical (unpaired) electrons. The first kappa shape index (κ1) is 11.9. The van der Waals surface area contributed by atoms with Crippen molar-refractivity contribution in [1.29, 1.82) is 0 Å². The number of likely N-dealkylation sites (tertiary alicyclic amines) is 2. The van der Waals surface area contributed by atoms with Gasteiger partial charge in [-0.3, -0.25) is 9.69 Å². The van der Waals surface area contributed by atoms with Crippen LogP contribution in [0, 0.1) is 5.41 Å². The number of carbonyl (C=O) groups is 1. The van der Waals surface area contributed by atoms with E-state index in [1.54, 1.807) is 0 Å². The first-order chi connectivity index (χ1) is 7.32. The molecule has 0 unspecified atom stereocenters. The summed E-state index contributed by atoms with van der Waals surface area (Å²) < 4.78 is 0. The fraction of sp³-hybridized carbons (Fsp3) is 0.923. The molecule has 0 aromatic carbocycles. The van der Waals surface area contributed by atoms with Gasteiger partial charge in [-0.2, -0.15) is 0 Å². The van der Waals surface area contributed by atoms with Crippen LogP contribution in [-0.4, -0.2) is 47.9 Å². The van der Waals surface area contributed by atoms with Crippen LogP contribution in [0.25, 0.3) is 0 Å². The largest absolute Gasteiger partial charge is 0.345 e. The minimum Gasteiger partial charge on any atom is -0.345 e. The van der Waals surface area contributed by atoms with Gasteiger partial charge in [0.25, 0.3) is 0 Å².